The molecular weight excluding hydrogens is 408 g/mol. The second-order valence-corrected chi connectivity index (χ2v) is 8.58. The number of hydrogen-bond acceptors (Lipinski definition) is 5. The standard InChI is InChI=1S/C22H17ClN2O3S/c1-13-4-8-15(9-5-13)24-21(26)18-19(17-3-2-12-29-17)25(28-20(18)22(24)27)16-10-6-14(23)7-11-16/h2-12,18-20H,1H3/t18-,19+,20+/m1/s1. The number of nitrogens with zero attached hydrogens (tertiary/aromatic N) is 2. The summed E-state index contributed by atoms with van der Waals surface area (Å²) >= 11 is 7.57. The van der Waals surface area contributed by atoms with Crippen LogP contribution in [0.15, 0.2) is 66.0 Å². The minimum Gasteiger partial charge on any atom is -0.273 e. The first-order valence-corrected chi connectivity index (χ1v) is 10.5. The van der Waals surface area contributed by atoms with Crippen molar-refractivity contribution in [1.82, 2.24) is 0 Å². The Morgan fingerprint density at radius 3 is 2.28 bits per heavy atom. The van der Waals surface area contributed by atoms with Crippen LogP contribution in [0.3, 0.4) is 0 Å². The Balaban J connectivity index is 1.56. The molecule has 7 heteroatoms. The number of imide groups is 1. The van der Waals surface area contributed by atoms with E-state index in [1.165, 1.54) is 4.90 Å². The van der Waals surface area contributed by atoms with Gasteiger partial charge in [0.15, 0.2) is 6.10 Å². The maximum atomic E-state index is 13.4. The van der Waals surface area contributed by atoms with E-state index >= 15 is 0 Å². The quantitative estimate of drug-likeness (QED) is 0.569. The van der Waals surface area contributed by atoms with Crippen LogP contribution in [0.1, 0.15) is 16.5 Å². The van der Waals surface area contributed by atoms with Crippen LogP contribution < -0.4 is 9.96 Å². The average molecular weight is 425 g/mol. The maximum absolute atomic E-state index is 13.4. The van der Waals surface area contributed by atoms with Crippen molar-refractivity contribution in [2.24, 2.45) is 5.92 Å². The van der Waals surface area contributed by atoms with Gasteiger partial charge in [-0.3, -0.25) is 14.4 Å². The number of amides is 2. The molecule has 146 valence electrons. The number of benzene rings is 2. The molecule has 2 saturated heterocycles. The third-order valence-electron chi connectivity index (χ3n) is 5.32. The van der Waals surface area contributed by atoms with Crippen molar-refractivity contribution >= 4 is 46.1 Å². The minimum atomic E-state index is -0.855. The molecule has 2 aliphatic rings. The Morgan fingerprint density at radius 1 is 0.931 bits per heavy atom. The van der Waals surface area contributed by atoms with E-state index in [0.29, 0.717) is 10.7 Å². The predicted molar refractivity (Wildman–Crippen MR) is 113 cm³/mol. The third kappa shape index (κ3) is 2.95. The molecule has 2 amide bonds. The largest absolute Gasteiger partial charge is 0.273 e. The van der Waals surface area contributed by atoms with Crippen molar-refractivity contribution in [3.63, 3.8) is 0 Å². The van der Waals surface area contributed by atoms with Gasteiger partial charge in [-0.1, -0.05) is 35.4 Å². The normalized spacial score (nSPS) is 23.7. The monoisotopic (exact) mass is 424 g/mol. The van der Waals surface area contributed by atoms with E-state index in [0.717, 1.165) is 16.1 Å². The highest BCUT2D eigenvalue weighted by atomic mass is 35.5. The SMILES string of the molecule is Cc1ccc(N2C(=O)[C@H]3[C@H](ON(c4ccc(Cl)cc4)[C@H]3c3cccs3)C2=O)cc1. The van der Waals surface area contributed by atoms with Crippen molar-refractivity contribution in [2.45, 2.75) is 19.1 Å². The highest BCUT2D eigenvalue weighted by Crippen LogP contribution is 2.48. The van der Waals surface area contributed by atoms with Gasteiger partial charge in [-0.25, -0.2) is 9.96 Å². The van der Waals surface area contributed by atoms with E-state index in [1.807, 2.05) is 48.7 Å². The van der Waals surface area contributed by atoms with Crippen molar-refractivity contribution < 1.29 is 14.4 Å². The minimum absolute atomic E-state index is 0.237. The summed E-state index contributed by atoms with van der Waals surface area (Å²) in [5.74, 6) is -1.18. The van der Waals surface area contributed by atoms with Gasteiger partial charge in [-0.05, 0) is 54.8 Å². The summed E-state index contributed by atoms with van der Waals surface area (Å²) in [6.07, 6.45) is -0.855. The van der Waals surface area contributed by atoms with Gasteiger partial charge < -0.3 is 0 Å². The number of carbonyl (C=O) groups is 2. The van der Waals surface area contributed by atoms with Crippen LogP contribution >= 0.6 is 22.9 Å². The highest BCUT2D eigenvalue weighted by molar-refractivity contribution is 7.10. The molecule has 3 atom stereocenters. The summed E-state index contributed by atoms with van der Waals surface area (Å²) in [5.41, 5.74) is 2.39. The van der Waals surface area contributed by atoms with Crippen molar-refractivity contribution in [1.29, 1.82) is 0 Å². The Morgan fingerprint density at radius 2 is 1.62 bits per heavy atom. The van der Waals surface area contributed by atoms with E-state index < -0.39 is 12.0 Å². The lowest BCUT2D eigenvalue weighted by molar-refractivity contribution is -0.126. The summed E-state index contributed by atoms with van der Waals surface area (Å²) in [7, 11) is 0. The van der Waals surface area contributed by atoms with Crippen LogP contribution in [0.4, 0.5) is 11.4 Å². The van der Waals surface area contributed by atoms with Crippen molar-refractivity contribution in [2.75, 3.05) is 9.96 Å². The first-order chi connectivity index (χ1) is 14.0. The molecule has 5 nitrogen and oxygen atoms in total. The van der Waals surface area contributed by atoms with Gasteiger partial charge in [0.1, 0.15) is 12.0 Å². The summed E-state index contributed by atoms with van der Waals surface area (Å²) in [6.45, 7) is 1.96. The molecule has 3 heterocycles. The van der Waals surface area contributed by atoms with Crippen LogP contribution in [-0.2, 0) is 14.4 Å². The number of halogens is 1. The van der Waals surface area contributed by atoms with Crippen molar-refractivity contribution in [3.8, 4) is 0 Å². The lowest BCUT2D eigenvalue weighted by Gasteiger charge is -2.27. The summed E-state index contributed by atoms with van der Waals surface area (Å²) in [4.78, 5) is 34.9. The van der Waals surface area contributed by atoms with Crippen molar-refractivity contribution in [3.05, 3.63) is 81.5 Å². The Bertz CT molecular complexity index is 1070. The molecule has 0 spiro atoms. The number of anilines is 2. The Kier molecular flexibility index (Phi) is 4.42. The number of rotatable bonds is 3. The maximum Gasteiger partial charge on any atom is 0.266 e. The van der Waals surface area contributed by atoms with Gasteiger partial charge in [0.2, 0.25) is 5.91 Å². The molecule has 29 heavy (non-hydrogen) atoms. The zero-order valence-corrected chi connectivity index (χ0v) is 17.1. The molecular formula is C22H17ClN2O3S. The van der Waals surface area contributed by atoms with Gasteiger partial charge in [0, 0.05) is 9.90 Å². The molecule has 2 aromatic carbocycles. The van der Waals surface area contributed by atoms with E-state index in [2.05, 4.69) is 0 Å². The highest BCUT2D eigenvalue weighted by Gasteiger charge is 2.60. The van der Waals surface area contributed by atoms with E-state index in [-0.39, 0.29) is 17.9 Å². The topological polar surface area (TPSA) is 49.9 Å². The molecule has 2 aliphatic heterocycles. The van der Waals surface area contributed by atoms with Gasteiger partial charge in [-0.2, -0.15) is 0 Å². The van der Waals surface area contributed by atoms with Gasteiger partial charge in [0.05, 0.1) is 11.4 Å². The summed E-state index contributed by atoms with van der Waals surface area (Å²) in [5, 5.41) is 4.25. The van der Waals surface area contributed by atoms with Crippen LogP contribution in [0.5, 0.6) is 0 Å². The van der Waals surface area contributed by atoms with E-state index in [9.17, 15) is 9.59 Å². The number of fused-ring (bicyclic) bond motifs is 1. The van der Waals surface area contributed by atoms with Crippen LogP contribution in [-0.4, -0.2) is 17.9 Å². The second kappa shape index (κ2) is 6.99. The second-order valence-electron chi connectivity index (χ2n) is 7.16. The first kappa shape index (κ1) is 18.4. The molecule has 3 aromatic rings. The van der Waals surface area contributed by atoms with Crippen LogP contribution in [0.2, 0.25) is 5.02 Å². The smallest absolute Gasteiger partial charge is 0.266 e. The number of aryl methyl sites for hydroxylation is 1. The fourth-order valence-electron chi connectivity index (χ4n) is 3.92. The molecule has 0 saturated carbocycles. The van der Waals surface area contributed by atoms with Crippen LogP contribution in [0.25, 0.3) is 0 Å². The molecule has 1 aromatic heterocycles. The summed E-state index contributed by atoms with van der Waals surface area (Å²) < 4.78 is 0. The third-order valence-corrected chi connectivity index (χ3v) is 6.52. The molecule has 0 bridgehead atoms. The molecule has 0 N–H and O–H groups in total. The zero-order valence-electron chi connectivity index (χ0n) is 15.5. The lowest BCUT2D eigenvalue weighted by atomic mass is 9.95. The van der Waals surface area contributed by atoms with Gasteiger partial charge in [0.25, 0.3) is 5.91 Å². The fraction of sp³-hybridized carbons (Fsp3) is 0.182. The average Bonchev–Trinajstić information content (AvgIpc) is 3.41. The molecule has 0 radical (unpaired) electrons. The Hall–Kier alpha value is -2.67. The van der Waals surface area contributed by atoms with Crippen LogP contribution in [0, 0.1) is 12.8 Å². The van der Waals surface area contributed by atoms with Gasteiger partial charge in [-0.15, -0.1) is 11.3 Å². The number of carbonyl (C=O) groups excluding carboxylic acids is 2. The van der Waals surface area contributed by atoms with Gasteiger partial charge >= 0.3 is 0 Å². The predicted octanol–water partition coefficient (Wildman–Crippen LogP) is 4.76. The number of thiophene rings is 1. The number of hydroxylamine groups is 1. The summed E-state index contributed by atoms with van der Waals surface area (Å²) in [6, 6.07) is 18.1. The fourth-order valence-corrected chi connectivity index (χ4v) is 4.90. The zero-order chi connectivity index (χ0) is 20.1. The Labute approximate surface area is 177 Å². The molecule has 5 rings (SSSR count). The lowest BCUT2D eigenvalue weighted by Crippen LogP contribution is -2.37. The number of hydrogen-bond donors (Lipinski definition) is 0. The molecule has 2 fully saturated rings. The molecule has 0 aliphatic carbocycles. The van der Waals surface area contributed by atoms with E-state index in [1.54, 1.807) is 40.7 Å². The molecule has 0 unspecified atom stereocenters. The first-order valence-electron chi connectivity index (χ1n) is 9.24. The van der Waals surface area contributed by atoms with E-state index in [4.69, 9.17) is 16.4 Å².